The summed E-state index contributed by atoms with van der Waals surface area (Å²) in [5, 5.41) is 2.86. The Morgan fingerprint density at radius 2 is 1.77 bits per heavy atom. The summed E-state index contributed by atoms with van der Waals surface area (Å²) >= 11 is 0. The van der Waals surface area contributed by atoms with Crippen LogP contribution in [0.4, 0.5) is 5.69 Å². The first-order valence-corrected chi connectivity index (χ1v) is 8.14. The molecule has 3 rings (SSSR count). The Kier molecular flexibility index (Phi) is 8.08. The van der Waals surface area contributed by atoms with Crippen molar-refractivity contribution < 1.29 is 4.79 Å². The van der Waals surface area contributed by atoms with E-state index in [2.05, 4.69) is 29.1 Å². The number of benzene rings is 2. The second-order valence-corrected chi connectivity index (χ2v) is 6.41. The molecular weight excluding hydrogens is 371 g/mol. The summed E-state index contributed by atoms with van der Waals surface area (Å²) in [6.45, 7) is 4.10. The number of nitrogens with zero attached hydrogens (tertiary/aromatic N) is 1. The van der Waals surface area contributed by atoms with Crippen molar-refractivity contribution in [2.45, 2.75) is 26.3 Å². The van der Waals surface area contributed by atoms with Gasteiger partial charge in [-0.15, -0.1) is 24.8 Å². The van der Waals surface area contributed by atoms with Crippen LogP contribution in [0.25, 0.3) is 22.4 Å². The molecule has 2 aromatic carbocycles. The number of nitrogens with one attached hydrogen (secondary N) is 2. The second kappa shape index (κ2) is 9.57. The Morgan fingerprint density at radius 1 is 1.12 bits per heavy atom. The Hall–Kier alpha value is -2.08. The minimum absolute atomic E-state index is 0. The first kappa shape index (κ1) is 22.0. The number of halogens is 2. The van der Waals surface area contributed by atoms with E-state index < -0.39 is 6.04 Å². The Bertz CT molecular complexity index is 813. The molecule has 1 aromatic heterocycles. The van der Waals surface area contributed by atoms with Crippen molar-refractivity contribution in [1.29, 1.82) is 0 Å². The van der Waals surface area contributed by atoms with Crippen LogP contribution < -0.4 is 11.1 Å². The molecule has 26 heavy (non-hydrogen) atoms. The van der Waals surface area contributed by atoms with Crippen LogP contribution in [0.1, 0.15) is 20.3 Å². The van der Waals surface area contributed by atoms with E-state index in [9.17, 15) is 4.79 Å². The van der Waals surface area contributed by atoms with E-state index in [1.165, 1.54) is 0 Å². The summed E-state index contributed by atoms with van der Waals surface area (Å²) in [5.74, 6) is 1.05. The maximum atomic E-state index is 12.1. The number of aromatic nitrogens is 2. The van der Waals surface area contributed by atoms with Crippen LogP contribution in [0.3, 0.4) is 0 Å². The number of hydrogen-bond donors (Lipinski definition) is 3. The smallest absolute Gasteiger partial charge is 0.241 e. The summed E-state index contributed by atoms with van der Waals surface area (Å²) < 4.78 is 0. The summed E-state index contributed by atoms with van der Waals surface area (Å²) in [5.41, 5.74) is 9.55. The molecule has 0 saturated carbocycles. The van der Waals surface area contributed by atoms with Crippen LogP contribution >= 0.6 is 24.8 Å². The van der Waals surface area contributed by atoms with Gasteiger partial charge in [0.15, 0.2) is 0 Å². The number of carbonyl (C=O) groups excluding carboxylic acids is 1. The average molecular weight is 395 g/mol. The topological polar surface area (TPSA) is 83.8 Å². The molecule has 4 N–H and O–H groups in total. The van der Waals surface area contributed by atoms with Gasteiger partial charge in [-0.2, -0.15) is 0 Å². The molecule has 5 nitrogen and oxygen atoms in total. The number of rotatable bonds is 5. The highest BCUT2D eigenvalue weighted by molar-refractivity contribution is 5.94. The van der Waals surface area contributed by atoms with Crippen molar-refractivity contribution in [1.82, 2.24) is 9.97 Å². The van der Waals surface area contributed by atoms with E-state index in [0.29, 0.717) is 12.3 Å². The molecule has 0 fully saturated rings. The molecule has 0 unspecified atom stereocenters. The van der Waals surface area contributed by atoms with Crippen molar-refractivity contribution in [2.75, 3.05) is 5.32 Å². The third kappa shape index (κ3) is 5.21. The number of aromatic amines is 1. The molecule has 3 aromatic rings. The summed E-state index contributed by atoms with van der Waals surface area (Å²) in [6, 6.07) is 15.0. The van der Waals surface area contributed by atoms with Gasteiger partial charge in [-0.25, -0.2) is 4.98 Å². The van der Waals surface area contributed by atoms with Gasteiger partial charge in [-0.3, -0.25) is 4.79 Å². The first-order chi connectivity index (χ1) is 11.5. The Morgan fingerprint density at radius 3 is 2.38 bits per heavy atom. The molecule has 0 saturated heterocycles. The van der Waals surface area contributed by atoms with Crippen LogP contribution in [0.5, 0.6) is 0 Å². The number of hydrogen-bond acceptors (Lipinski definition) is 3. The lowest BCUT2D eigenvalue weighted by molar-refractivity contribution is -0.117. The van der Waals surface area contributed by atoms with Crippen molar-refractivity contribution in [3.05, 3.63) is 48.5 Å². The highest BCUT2D eigenvalue weighted by atomic mass is 35.5. The fraction of sp³-hybridized carbons (Fsp3) is 0.263. The average Bonchev–Trinajstić information content (AvgIpc) is 2.99. The van der Waals surface area contributed by atoms with Crippen LogP contribution in [-0.2, 0) is 4.79 Å². The van der Waals surface area contributed by atoms with Gasteiger partial charge < -0.3 is 16.0 Å². The zero-order valence-electron chi connectivity index (χ0n) is 14.7. The highest BCUT2D eigenvalue weighted by Gasteiger charge is 2.15. The van der Waals surface area contributed by atoms with Crippen LogP contribution in [0.15, 0.2) is 48.5 Å². The quantitative estimate of drug-likeness (QED) is 0.599. The normalized spacial score (nSPS) is 11.5. The number of para-hydroxylation sites is 2. The predicted molar refractivity (Wildman–Crippen MR) is 112 cm³/mol. The lowest BCUT2D eigenvalue weighted by atomic mass is 10.0. The van der Waals surface area contributed by atoms with Crippen molar-refractivity contribution in [3.63, 3.8) is 0 Å². The minimum atomic E-state index is -0.486. The largest absolute Gasteiger partial charge is 0.338 e. The molecule has 1 heterocycles. The third-order valence-corrected chi connectivity index (χ3v) is 3.88. The van der Waals surface area contributed by atoms with E-state index >= 15 is 0 Å². The van der Waals surface area contributed by atoms with E-state index in [-0.39, 0.29) is 30.7 Å². The second-order valence-electron chi connectivity index (χ2n) is 6.41. The lowest BCUT2D eigenvalue weighted by Crippen LogP contribution is -2.36. The molecule has 1 atom stereocenters. The number of carbonyl (C=O) groups is 1. The standard InChI is InChI=1S/C19H22N4O.2ClH/c1-12(2)11-15(20)19(24)21-14-9-7-13(8-10-14)18-22-16-5-3-4-6-17(16)23-18;;/h3-10,12,15H,11,20H2,1-2H3,(H,21,24)(H,22,23);2*1H/t15-;;/m0../s1. The molecule has 0 bridgehead atoms. The molecular formula is C19H24Cl2N4O. The molecule has 0 aliphatic carbocycles. The molecule has 0 aliphatic rings. The number of anilines is 1. The van der Waals surface area contributed by atoms with Crippen molar-refractivity contribution >= 4 is 47.4 Å². The number of amides is 1. The molecule has 140 valence electrons. The monoisotopic (exact) mass is 394 g/mol. The van der Waals surface area contributed by atoms with Crippen LogP contribution in [0, 0.1) is 5.92 Å². The summed E-state index contributed by atoms with van der Waals surface area (Å²) in [6.07, 6.45) is 0.670. The Balaban J connectivity index is 0.00000169. The van der Waals surface area contributed by atoms with Gasteiger partial charge in [-0.1, -0.05) is 26.0 Å². The predicted octanol–water partition coefficient (Wildman–Crippen LogP) is 4.39. The zero-order chi connectivity index (χ0) is 17.1. The van der Waals surface area contributed by atoms with Gasteiger partial charge in [0.1, 0.15) is 5.82 Å². The summed E-state index contributed by atoms with van der Waals surface area (Å²) in [7, 11) is 0. The first-order valence-electron chi connectivity index (χ1n) is 8.14. The van der Waals surface area contributed by atoms with Gasteiger partial charge in [0, 0.05) is 11.3 Å². The lowest BCUT2D eigenvalue weighted by Gasteiger charge is -2.14. The van der Waals surface area contributed by atoms with E-state index in [1.54, 1.807) is 0 Å². The molecule has 7 heteroatoms. The highest BCUT2D eigenvalue weighted by Crippen LogP contribution is 2.22. The number of nitrogens with two attached hydrogens (primary N) is 1. The number of fused-ring (bicyclic) bond motifs is 1. The number of H-pyrrole nitrogens is 1. The maximum Gasteiger partial charge on any atom is 0.241 e. The van der Waals surface area contributed by atoms with E-state index in [4.69, 9.17) is 5.73 Å². The minimum Gasteiger partial charge on any atom is -0.338 e. The molecule has 0 spiro atoms. The number of imidazole rings is 1. The van der Waals surface area contributed by atoms with Gasteiger partial charge in [-0.05, 0) is 48.7 Å². The fourth-order valence-corrected chi connectivity index (χ4v) is 2.65. The SMILES string of the molecule is CC(C)C[C@H](N)C(=O)Nc1ccc(-c2nc3ccccc3[nH]2)cc1.Cl.Cl. The van der Waals surface area contributed by atoms with Gasteiger partial charge in [0.25, 0.3) is 0 Å². The van der Waals surface area contributed by atoms with E-state index in [1.807, 2.05) is 48.5 Å². The zero-order valence-corrected chi connectivity index (χ0v) is 16.4. The van der Waals surface area contributed by atoms with Gasteiger partial charge in [0.05, 0.1) is 17.1 Å². The fourth-order valence-electron chi connectivity index (χ4n) is 2.65. The third-order valence-electron chi connectivity index (χ3n) is 3.88. The molecule has 0 radical (unpaired) electrons. The molecule has 1 amide bonds. The summed E-state index contributed by atoms with van der Waals surface area (Å²) in [4.78, 5) is 19.9. The van der Waals surface area contributed by atoms with Crippen molar-refractivity contribution in [3.8, 4) is 11.4 Å². The van der Waals surface area contributed by atoms with Gasteiger partial charge in [0.2, 0.25) is 5.91 Å². The maximum absolute atomic E-state index is 12.1. The van der Waals surface area contributed by atoms with E-state index in [0.717, 1.165) is 28.1 Å². The van der Waals surface area contributed by atoms with Crippen LogP contribution in [0.2, 0.25) is 0 Å². The molecule has 0 aliphatic heterocycles. The van der Waals surface area contributed by atoms with Gasteiger partial charge >= 0.3 is 0 Å². The Labute approximate surface area is 165 Å². The van der Waals surface area contributed by atoms with Crippen LogP contribution in [-0.4, -0.2) is 21.9 Å². The van der Waals surface area contributed by atoms with Crippen molar-refractivity contribution in [2.24, 2.45) is 11.7 Å².